The number of anilines is 1. The molecule has 8 nitrogen and oxygen atoms in total. The molecule has 200 valence electrons. The molecule has 2 amide bonds. The maximum Gasteiger partial charge on any atom is 0.253 e. The van der Waals surface area contributed by atoms with Crippen LogP contribution in [0.1, 0.15) is 33.1 Å². The lowest BCUT2D eigenvalue weighted by Crippen LogP contribution is -2.60. The first-order valence-electron chi connectivity index (χ1n) is 13.0. The quantitative estimate of drug-likeness (QED) is 0.336. The number of rotatable bonds is 8. The SMILES string of the molecule is CCCCC(=O)N1CCN(S(=O)(=O)c2cccs2)[C@H](C(=O)Nc2ccc3c(c2)c2ccccc2n3CC)C1. The van der Waals surface area contributed by atoms with Gasteiger partial charge in [0.15, 0.2) is 0 Å². The smallest absolute Gasteiger partial charge is 0.253 e. The monoisotopic (exact) mass is 552 g/mol. The van der Waals surface area contributed by atoms with E-state index in [4.69, 9.17) is 0 Å². The first-order valence-corrected chi connectivity index (χ1v) is 15.3. The Morgan fingerprint density at radius 1 is 1.00 bits per heavy atom. The van der Waals surface area contributed by atoms with Crippen LogP contribution in [0, 0.1) is 0 Å². The first kappa shape index (κ1) is 26.4. The minimum Gasteiger partial charge on any atom is -0.341 e. The molecule has 3 heterocycles. The van der Waals surface area contributed by atoms with E-state index in [1.165, 1.54) is 4.31 Å². The van der Waals surface area contributed by atoms with Crippen molar-refractivity contribution in [2.75, 3.05) is 25.0 Å². The van der Waals surface area contributed by atoms with Crippen molar-refractivity contribution in [3.63, 3.8) is 0 Å². The van der Waals surface area contributed by atoms with Crippen LogP contribution in [0.2, 0.25) is 0 Å². The summed E-state index contributed by atoms with van der Waals surface area (Å²) in [6.07, 6.45) is 2.04. The van der Waals surface area contributed by atoms with Crippen LogP contribution >= 0.6 is 11.3 Å². The zero-order valence-electron chi connectivity index (χ0n) is 21.6. The molecule has 1 aliphatic rings. The molecule has 0 radical (unpaired) electrons. The van der Waals surface area contributed by atoms with Crippen molar-refractivity contribution in [2.45, 2.75) is 49.9 Å². The van der Waals surface area contributed by atoms with Crippen LogP contribution in [0.15, 0.2) is 64.2 Å². The normalized spacial score (nSPS) is 16.8. The van der Waals surface area contributed by atoms with Crippen molar-refractivity contribution in [3.05, 3.63) is 60.0 Å². The van der Waals surface area contributed by atoms with E-state index in [2.05, 4.69) is 28.9 Å². The molecule has 1 fully saturated rings. The fraction of sp³-hybridized carbons (Fsp3) is 0.357. The molecule has 38 heavy (non-hydrogen) atoms. The molecule has 4 aromatic rings. The maximum atomic E-state index is 13.7. The predicted molar refractivity (Wildman–Crippen MR) is 152 cm³/mol. The number of aromatic nitrogens is 1. The number of nitrogens with zero attached hydrogens (tertiary/aromatic N) is 3. The van der Waals surface area contributed by atoms with E-state index < -0.39 is 22.0 Å². The van der Waals surface area contributed by atoms with Crippen LogP contribution in [0.25, 0.3) is 21.8 Å². The van der Waals surface area contributed by atoms with Crippen molar-refractivity contribution in [2.24, 2.45) is 0 Å². The molecule has 2 aromatic carbocycles. The third-order valence-electron chi connectivity index (χ3n) is 7.14. The molecule has 2 aromatic heterocycles. The minimum atomic E-state index is -3.89. The molecule has 0 aliphatic carbocycles. The van der Waals surface area contributed by atoms with Crippen LogP contribution in [0.4, 0.5) is 5.69 Å². The maximum absolute atomic E-state index is 13.7. The van der Waals surface area contributed by atoms with Gasteiger partial charge in [-0.2, -0.15) is 4.31 Å². The van der Waals surface area contributed by atoms with Gasteiger partial charge in [0.1, 0.15) is 10.3 Å². The summed E-state index contributed by atoms with van der Waals surface area (Å²) in [4.78, 5) is 28.1. The number of thiophene rings is 1. The van der Waals surface area contributed by atoms with Crippen molar-refractivity contribution < 1.29 is 18.0 Å². The molecule has 0 saturated carbocycles. The van der Waals surface area contributed by atoms with Crippen LogP contribution in [0.5, 0.6) is 0 Å². The number of hydrogen-bond donors (Lipinski definition) is 1. The molecule has 1 saturated heterocycles. The van der Waals surface area contributed by atoms with Gasteiger partial charge in [-0.25, -0.2) is 8.42 Å². The highest BCUT2D eigenvalue weighted by Crippen LogP contribution is 2.32. The number of piperazine rings is 1. The highest BCUT2D eigenvalue weighted by Gasteiger charge is 2.41. The third-order valence-corrected chi connectivity index (χ3v) is 10.4. The molecular weight excluding hydrogens is 520 g/mol. The molecule has 0 bridgehead atoms. The average molecular weight is 553 g/mol. The number of amides is 2. The summed E-state index contributed by atoms with van der Waals surface area (Å²) in [6, 6.07) is 16.1. The standard InChI is InChI=1S/C28H32N4O4S2/c1-3-5-11-26(33)30-15-16-32(38(35,36)27-12-8-17-37-27)25(19-30)28(34)29-20-13-14-24-22(18-20)21-9-6-7-10-23(21)31(24)4-2/h6-10,12-14,17-18,25H,3-5,11,15-16,19H2,1-2H3,(H,29,34)/t25-/m0/s1. The van der Waals surface area contributed by atoms with E-state index in [0.717, 1.165) is 52.5 Å². The molecule has 0 unspecified atom stereocenters. The molecule has 0 spiro atoms. The zero-order valence-corrected chi connectivity index (χ0v) is 23.2. The van der Waals surface area contributed by atoms with Gasteiger partial charge in [-0.1, -0.05) is 37.6 Å². The van der Waals surface area contributed by atoms with Gasteiger partial charge in [-0.05, 0) is 49.1 Å². The summed E-state index contributed by atoms with van der Waals surface area (Å²) in [6.45, 7) is 5.29. The van der Waals surface area contributed by atoms with Crippen molar-refractivity contribution in [3.8, 4) is 0 Å². The summed E-state index contributed by atoms with van der Waals surface area (Å²) in [5.74, 6) is -0.497. The number of hydrogen-bond acceptors (Lipinski definition) is 5. The van der Waals surface area contributed by atoms with Gasteiger partial charge < -0.3 is 14.8 Å². The Morgan fingerprint density at radius 2 is 1.79 bits per heavy atom. The Bertz CT molecular complexity index is 1580. The zero-order chi connectivity index (χ0) is 26.9. The number of benzene rings is 2. The van der Waals surface area contributed by atoms with E-state index in [1.54, 1.807) is 22.4 Å². The van der Waals surface area contributed by atoms with Gasteiger partial charge in [0.25, 0.3) is 10.0 Å². The summed E-state index contributed by atoms with van der Waals surface area (Å²) in [5, 5.41) is 6.77. The number of carbonyl (C=O) groups excluding carboxylic acids is 2. The number of nitrogens with one attached hydrogen (secondary N) is 1. The highest BCUT2D eigenvalue weighted by atomic mass is 32.2. The van der Waals surface area contributed by atoms with Gasteiger partial charge in [0.2, 0.25) is 11.8 Å². The lowest BCUT2D eigenvalue weighted by atomic mass is 10.1. The number of para-hydroxylation sites is 1. The van der Waals surface area contributed by atoms with E-state index in [0.29, 0.717) is 12.1 Å². The predicted octanol–water partition coefficient (Wildman–Crippen LogP) is 4.91. The number of unbranched alkanes of at least 4 members (excludes halogenated alkanes) is 1. The van der Waals surface area contributed by atoms with E-state index in [1.807, 2.05) is 37.3 Å². The molecule has 1 aliphatic heterocycles. The van der Waals surface area contributed by atoms with E-state index >= 15 is 0 Å². The van der Waals surface area contributed by atoms with Gasteiger partial charge in [0.05, 0.1) is 0 Å². The second kappa shape index (κ2) is 10.9. The number of sulfonamides is 1. The largest absolute Gasteiger partial charge is 0.341 e. The Labute approximate surface area is 226 Å². The molecule has 10 heteroatoms. The summed E-state index contributed by atoms with van der Waals surface area (Å²) in [7, 11) is -3.89. The molecular formula is C28H32N4O4S2. The Kier molecular flexibility index (Phi) is 7.56. The van der Waals surface area contributed by atoms with Crippen LogP contribution < -0.4 is 5.32 Å². The number of fused-ring (bicyclic) bond motifs is 3. The topological polar surface area (TPSA) is 91.7 Å². The van der Waals surface area contributed by atoms with E-state index in [-0.39, 0.29) is 29.8 Å². The number of carbonyl (C=O) groups is 2. The van der Waals surface area contributed by atoms with Crippen molar-refractivity contribution in [1.82, 2.24) is 13.8 Å². The average Bonchev–Trinajstić information content (AvgIpc) is 3.58. The summed E-state index contributed by atoms with van der Waals surface area (Å²) < 4.78 is 30.6. The fourth-order valence-corrected chi connectivity index (χ4v) is 7.89. The summed E-state index contributed by atoms with van der Waals surface area (Å²) in [5.41, 5.74) is 2.78. The second-order valence-corrected chi connectivity index (χ2v) is 12.6. The second-order valence-electron chi connectivity index (χ2n) is 9.49. The Morgan fingerprint density at radius 3 is 2.53 bits per heavy atom. The van der Waals surface area contributed by atoms with Gasteiger partial charge in [0, 0.05) is 60.1 Å². The van der Waals surface area contributed by atoms with Gasteiger partial charge in [-0.15, -0.1) is 11.3 Å². The van der Waals surface area contributed by atoms with Crippen molar-refractivity contribution in [1.29, 1.82) is 0 Å². The van der Waals surface area contributed by atoms with Crippen LogP contribution in [-0.4, -0.2) is 59.7 Å². The third kappa shape index (κ3) is 4.83. The van der Waals surface area contributed by atoms with Gasteiger partial charge >= 0.3 is 0 Å². The van der Waals surface area contributed by atoms with Crippen LogP contribution in [0.3, 0.4) is 0 Å². The number of aryl methyl sites for hydroxylation is 1. The van der Waals surface area contributed by atoms with E-state index in [9.17, 15) is 18.0 Å². The first-order chi connectivity index (χ1) is 18.3. The Balaban J connectivity index is 1.46. The fourth-order valence-electron chi connectivity index (χ4n) is 5.20. The van der Waals surface area contributed by atoms with Gasteiger partial charge in [-0.3, -0.25) is 9.59 Å². The molecule has 1 atom stereocenters. The van der Waals surface area contributed by atoms with Crippen LogP contribution in [-0.2, 0) is 26.2 Å². The minimum absolute atomic E-state index is 0.0242. The molecule has 5 rings (SSSR count). The van der Waals surface area contributed by atoms with Crippen molar-refractivity contribution >= 4 is 60.7 Å². The summed E-state index contributed by atoms with van der Waals surface area (Å²) >= 11 is 1.12. The highest BCUT2D eigenvalue weighted by molar-refractivity contribution is 7.91. The lowest BCUT2D eigenvalue weighted by Gasteiger charge is -2.39. The Hall–Kier alpha value is -3.21. The molecule has 1 N–H and O–H groups in total. The lowest BCUT2D eigenvalue weighted by molar-refractivity contribution is -0.135.